The van der Waals surface area contributed by atoms with Crippen molar-refractivity contribution in [1.82, 2.24) is 4.98 Å². The van der Waals surface area contributed by atoms with Gasteiger partial charge in [-0.2, -0.15) is 11.8 Å². The topological polar surface area (TPSA) is 50.9 Å². The molecule has 0 bridgehead atoms. The van der Waals surface area contributed by atoms with Crippen LogP contribution in [0.15, 0.2) is 18.3 Å². The lowest BCUT2D eigenvalue weighted by molar-refractivity contribution is 0.886. The van der Waals surface area contributed by atoms with E-state index in [9.17, 15) is 0 Å². The van der Waals surface area contributed by atoms with E-state index >= 15 is 0 Å². The second-order valence-corrected chi connectivity index (χ2v) is 5.16. The van der Waals surface area contributed by atoms with E-state index in [0.717, 1.165) is 16.8 Å². The number of nitrogens with one attached hydrogen (secondary N) is 1. The van der Waals surface area contributed by atoms with E-state index in [2.05, 4.69) is 16.5 Å². The monoisotopic (exact) mass is 223 g/mol. The molecular weight excluding hydrogens is 206 g/mol. The van der Waals surface area contributed by atoms with Crippen LogP contribution in [0, 0.1) is 0 Å². The molecule has 1 aliphatic rings. The van der Waals surface area contributed by atoms with Gasteiger partial charge < -0.3 is 5.43 Å². The summed E-state index contributed by atoms with van der Waals surface area (Å²) < 4.78 is 0. The van der Waals surface area contributed by atoms with E-state index in [0.29, 0.717) is 0 Å². The molecule has 0 aromatic carbocycles. The highest BCUT2D eigenvalue weighted by Gasteiger charge is 2.15. The highest BCUT2D eigenvalue weighted by Crippen LogP contribution is 2.32. The van der Waals surface area contributed by atoms with Crippen LogP contribution in [0.3, 0.4) is 0 Å². The Balaban J connectivity index is 1.91. The molecular formula is C11H17N3S. The first-order chi connectivity index (χ1) is 7.40. The van der Waals surface area contributed by atoms with Crippen molar-refractivity contribution in [3.05, 3.63) is 23.9 Å². The molecule has 0 spiro atoms. The van der Waals surface area contributed by atoms with Crippen molar-refractivity contribution in [1.29, 1.82) is 0 Å². The molecule has 1 aromatic rings. The van der Waals surface area contributed by atoms with Crippen molar-refractivity contribution in [2.24, 2.45) is 5.84 Å². The molecule has 1 aromatic heterocycles. The lowest BCUT2D eigenvalue weighted by Crippen LogP contribution is -2.10. The van der Waals surface area contributed by atoms with Crippen LogP contribution in [0.1, 0.15) is 31.2 Å². The van der Waals surface area contributed by atoms with Gasteiger partial charge in [0.15, 0.2) is 0 Å². The summed E-state index contributed by atoms with van der Waals surface area (Å²) in [6, 6.07) is 4.05. The number of hydrogen-bond donors (Lipinski definition) is 2. The Kier molecular flexibility index (Phi) is 3.86. The summed E-state index contributed by atoms with van der Waals surface area (Å²) in [5.41, 5.74) is 3.85. The fourth-order valence-electron chi connectivity index (χ4n) is 1.95. The molecule has 0 unspecified atom stereocenters. The van der Waals surface area contributed by atoms with Crippen molar-refractivity contribution in [3.8, 4) is 0 Å². The summed E-state index contributed by atoms with van der Waals surface area (Å²) in [4.78, 5) is 4.19. The number of rotatable bonds is 4. The number of hydrogen-bond acceptors (Lipinski definition) is 4. The van der Waals surface area contributed by atoms with Crippen molar-refractivity contribution in [3.63, 3.8) is 0 Å². The van der Waals surface area contributed by atoms with Crippen LogP contribution in [-0.2, 0) is 5.75 Å². The molecule has 0 saturated heterocycles. The van der Waals surface area contributed by atoms with Crippen LogP contribution >= 0.6 is 11.8 Å². The average molecular weight is 223 g/mol. The molecule has 0 atom stereocenters. The van der Waals surface area contributed by atoms with Crippen molar-refractivity contribution >= 4 is 17.6 Å². The summed E-state index contributed by atoms with van der Waals surface area (Å²) in [7, 11) is 0. The fraction of sp³-hybridized carbons (Fsp3) is 0.545. The van der Waals surface area contributed by atoms with Gasteiger partial charge in [-0.05, 0) is 18.9 Å². The molecule has 3 N–H and O–H groups in total. The van der Waals surface area contributed by atoms with Gasteiger partial charge in [0.25, 0.3) is 0 Å². The molecule has 3 nitrogen and oxygen atoms in total. The molecule has 4 heteroatoms. The predicted octanol–water partition coefficient (Wildman–Crippen LogP) is 2.54. The summed E-state index contributed by atoms with van der Waals surface area (Å²) >= 11 is 2.03. The van der Waals surface area contributed by atoms with E-state index in [1.165, 1.54) is 31.2 Å². The maximum atomic E-state index is 5.41. The minimum Gasteiger partial charge on any atom is -0.308 e. The average Bonchev–Trinajstić information content (AvgIpc) is 2.79. The van der Waals surface area contributed by atoms with Crippen LogP contribution in [0.5, 0.6) is 0 Å². The van der Waals surface area contributed by atoms with Gasteiger partial charge >= 0.3 is 0 Å². The summed E-state index contributed by atoms with van der Waals surface area (Å²) in [6.07, 6.45) is 7.30. The Hall–Kier alpha value is -0.740. The van der Waals surface area contributed by atoms with Crippen molar-refractivity contribution < 1.29 is 0 Å². The molecule has 0 amide bonds. The second kappa shape index (κ2) is 5.37. The van der Waals surface area contributed by atoms with Crippen LogP contribution < -0.4 is 11.3 Å². The van der Waals surface area contributed by atoms with Crippen LogP contribution in [0.4, 0.5) is 5.82 Å². The molecule has 1 heterocycles. The first kappa shape index (κ1) is 10.8. The van der Waals surface area contributed by atoms with Crippen LogP contribution in [-0.4, -0.2) is 10.2 Å². The Bertz CT molecular complexity index is 310. The van der Waals surface area contributed by atoms with Gasteiger partial charge in [-0.1, -0.05) is 18.9 Å². The first-order valence-electron chi connectivity index (χ1n) is 5.42. The maximum Gasteiger partial charge on any atom is 0.143 e. The number of aromatic nitrogens is 1. The molecule has 2 rings (SSSR count). The molecule has 15 heavy (non-hydrogen) atoms. The van der Waals surface area contributed by atoms with Crippen LogP contribution in [0.25, 0.3) is 0 Å². The van der Waals surface area contributed by atoms with Gasteiger partial charge in [0, 0.05) is 22.8 Å². The summed E-state index contributed by atoms with van der Waals surface area (Å²) in [6.45, 7) is 0. The number of nitrogens with zero attached hydrogens (tertiary/aromatic N) is 1. The van der Waals surface area contributed by atoms with E-state index in [1.54, 1.807) is 6.20 Å². The summed E-state index contributed by atoms with van der Waals surface area (Å²) in [5.74, 6) is 7.23. The number of hydrazine groups is 1. The van der Waals surface area contributed by atoms with E-state index < -0.39 is 0 Å². The third-order valence-corrected chi connectivity index (χ3v) is 4.23. The molecule has 1 saturated carbocycles. The van der Waals surface area contributed by atoms with E-state index in [1.807, 2.05) is 17.8 Å². The lowest BCUT2D eigenvalue weighted by Gasteiger charge is -2.10. The lowest BCUT2D eigenvalue weighted by atomic mass is 10.3. The highest BCUT2D eigenvalue weighted by molar-refractivity contribution is 7.99. The quantitative estimate of drug-likeness (QED) is 0.608. The number of pyridine rings is 1. The zero-order valence-corrected chi connectivity index (χ0v) is 9.59. The zero-order valence-electron chi connectivity index (χ0n) is 8.78. The third-order valence-electron chi connectivity index (χ3n) is 2.80. The van der Waals surface area contributed by atoms with Gasteiger partial charge in [-0.3, -0.25) is 0 Å². The number of nitrogens with two attached hydrogens (primary N) is 1. The minimum atomic E-state index is 0.808. The van der Waals surface area contributed by atoms with Crippen LogP contribution in [0.2, 0.25) is 0 Å². The smallest absolute Gasteiger partial charge is 0.143 e. The van der Waals surface area contributed by atoms with Gasteiger partial charge in [0.05, 0.1) is 0 Å². The Labute approximate surface area is 94.8 Å². The molecule has 0 radical (unpaired) electrons. The Morgan fingerprint density at radius 2 is 2.27 bits per heavy atom. The molecule has 1 aliphatic carbocycles. The number of thioether (sulfide) groups is 1. The standard InChI is InChI=1S/C11H17N3S/c12-14-11-9(4-3-7-13-11)8-15-10-5-1-2-6-10/h3-4,7,10H,1-2,5-6,8,12H2,(H,13,14). The van der Waals surface area contributed by atoms with Crippen molar-refractivity contribution in [2.75, 3.05) is 5.43 Å². The fourth-order valence-corrected chi connectivity index (χ4v) is 3.26. The van der Waals surface area contributed by atoms with E-state index in [-0.39, 0.29) is 0 Å². The summed E-state index contributed by atoms with van der Waals surface area (Å²) in [5, 5.41) is 0.843. The molecule has 1 fully saturated rings. The van der Waals surface area contributed by atoms with Crippen molar-refractivity contribution in [2.45, 2.75) is 36.7 Å². The number of nitrogen functional groups attached to an aromatic ring is 1. The Morgan fingerprint density at radius 3 is 3.00 bits per heavy atom. The largest absolute Gasteiger partial charge is 0.308 e. The zero-order chi connectivity index (χ0) is 10.5. The SMILES string of the molecule is NNc1ncccc1CSC1CCCC1. The second-order valence-electron chi connectivity index (χ2n) is 3.87. The van der Waals surface area contributed by atoms with Gasteiger partial charge in [-0.15, -0.1) is 0 Å². The highest BCUT2D eigenvalue weighted by atomic mass is 32.2. The first-order valence-corrected chi connectivity index (χ1v) is 6.47. The minimum absolute atomic E-state index is 0.808. The Morgan fingerprint density at radius 1 is 1.47 bits per heavy atom. The number of anilines is 1. The predicted molar refractivity (Wildman–Crippen MR) is 65.6 cm³/mol. The third kappa shape index (κ3) is 2.86. The van der Waals surface area contributed by atoms with Gasteiger partial charge in [-0.25, -0.2) is 10.8 Å². The van der Waals surface area contributed by atoms with Gasteiger partial charge in [0.1, 0.15) is 5.82 Å². The maximum absolute atomic E-state index is 5.41. The molecule has 0 aliphatic heterocycles. The normalized spacial score (nSPS) is 16.9. The van der Waals surface area contributed by atoms with Gasteiger partial charge in [0.2, 0.25) is 0 Å². The van der Waals surface area contributed by atoms with E-state index in [4.69, 9.17) is 5.84 Å². The molecule has 82 valence electrons.